The van der Waals surface area contributed by atoms with Gasteiger partial charge in [-0.15, -0.1) is 0 Å². The number of methoxy groups -OCH3 is 1. The van der Waals surface area contributed by atoms with Gasteiger partial charge >= 0.3 is 0 Å². The van der Waals surface area contributed by atoms with Crippen LogP contribution in [0.25, 0.3) is 0 Å². The molecule has 23 heavy (non-hydrogen) atoms. The Hall–Kier alpha value is -0.440. The Morgan fingerprint density at radius 3 is 2.61 bits per heavy atom. The summed E-state index contributed by atoms with van der Waals surface area (Å²) in [6, 6.07) is 2.37. The molecule has 130 valence electrons. The first kappa shape index (κ1) is 18.9. The number of benzene rings is 1. The van der Waals surface area contributed by atoms with Crippen LogP contribution in [-0.4, -0.2) is 41.8 Å². The molecular formula is C14H19Cl2FN2O3S. The van der Waals surface area contributed by atoms with Crippen molar-refractivity contribution in [3.8, 4) is 0 Å². The normalized spacial score (nSPS) is 18.1. The fraction of sp³-hybridized carbons (Fsp3) is 0.571. The Labute approximate surface area is 145 Å². The Kier molecular flexibility index (Phi) is 6.27. The van der Waals surface area contributed by atoms with Gasteiger partial charge in [-0.05, 0) is 38.1 Å². The van der Waals surface area contributed by atoms with Gasteiger partial charge in [-0.2, -0.15) is 0 Å². The van der Waals surface area contributed by atoms with Crippen LogP contribution in [-0.2, 0) is 14.8 Å². The topological polar surface area (TPSA) is 67.4 Å². The maximum absolute atomic E-state index is 13.7. The van der Waals surface area contributed by atoms with Crippen LogP contribution in [0.3, 0.4) is 0 Å². The van der Waals surface area contributed by atoms with Crippen molar-refractivity contribution in [1.82, 2.24) is 10.0 Å². The van der Waals surface area contributed by atoms with E-state index in [1.807, 2.05) is 0 Å². The van der Waals surface area contributed by atoms with Crippen molar-refractivity contribution in [1.29, 1.82) is 0 Å². The number of rotatable bonds is 6. The summed E-state index contributed by atoms with van der Waals surface area (Å²) in [4.78, 5) is -0.317. The molecule has 9 heteroatoms. The summed E-state index contributed by atoms with van der Waals surface area (Å²) in [6.07, 6.45) is 1.57. The van der Waals surface area contributed by atoms with E-state index in [9.17, 15) is 12.8 Å². The molecule has 2 N–H and O–H groups in total. The van der Waals surface area contributed by atoms with E-state index in [1.165, 1.54) is 12.1 Å². The zero-order chi connectivity index (χ0) is 17.1. The van der Waals surface area contributed by atoms with Crippen LogP contribution in [0.4, 0.5) is 4.39 Å². The van der Waals surface area contributed by atoms with Crippen molar-refractivity contribution in [2.24, 2.45) is 5.41 Å². The maximum Gasteiger partial charge on any atom is 0.242 e. The van der Waals surface area contributed by atoms with Gasteiger partial charge < -0.3 is 10.1 Å². The first-order valence-electron chi connectivity index (χ1n) is 7.14. The molecular weight excluding hydrogens is 366 g/mol. The average molecular weight is 385 g/mol. The van der Waals surface area contributed by atoms with Crippen LogP contribution >= 0.6 is 23.2 Å². The quantitative estimate of drug-likeness (QED) is 0.739. The van der Waals surface area contributed by atoms with Crippen LogP contribution in [0.5, 0.6) is 0 Å². The zero-order valence-electron chi connectivity index (χ0n) is 12.7. The molecule has 5 nitrogen and oxygen atoms in total. The van der Waals surface area contributed by atoms with Crippen LogP contribution < -0.4 is 10.0 Å². The average Bonchev–Trinajstić information content (AvgIpc) is 2.52. The number of halogens is 3. The van der Waals surface area contributed by atoms with E-state index in [2.05, 4.69) is 10.0 Å². The van der Waals surface area contributed by atoms with Gasteiger partial charge in [-0.3, -0.25) is 0 Å². The minimum absolute atomic E-state index is 0.200. The summed E-state index contributed by atoms with van der Waals surface area (Å²) in [5, 5.41) is 2.51. The van der Waals surface area contributed by atoms with Crippen molar-refractivity contribution >= 4 is 33.2 Å². The second-order valence-corrected chi connectivity index (χ2v) is 8.20. The summed E-state index contributed by atoms with van der Waals surface area (Å²) >= 11 is 11.4. The zero-order valence-corrected chi connectivity index (χ0v) is 15.0. The number of ether oxygens (including phenoxy) is 1. The first-order valence-corrected chi connectivity index (χ1v) is 9.38. The molecule has 0 aliphatic carbocycles. The lowest BCUT2D eigenvalue weighted by atomic mass is 9.80. The molecule has 0 saturated carbocycles. The monoisotopic (exact) mass is 384 g/mol. The molecule has 0 radical (unpaired) electrons. The summed E-state index contributed by atoms with van der Waals surface area (Å²) < 4.78 is 46.4. The molecule has 1 saturated heterocycles. The minimum atomic E-state index is -3.94. The molecule has 0 amide bonds. The third-order valence-electron chi connectivity index (χ3n) is 4.04. The fourth-order valence-electron chi connectivity index (χ4n) is 2.68. The number of hydrogen-bond donors (Lipinski definition) is 2. The molecule has 1 aliphatic heterocycles. The lowest BCUT2D eigenvalue weighted by Gasteiger charge is -2.37. The van der Waals surface area contributed by atoms with Crippen molar-refractivity contribution in [3.63, 3.8) is 0 Å². The minimum Gasteiger partial charge on any atom is -0.384 e. The molecule has 0 aromatic heterocycles. The highest BCUT2D eigenvalue weighted by atomic mass is 35.5. The van der Waals surface area contributed by atoms with Gasteiger partial charge in [0.15, 0.2) is 5.82 Å². The summed E-state index contributed by atoms with van der Waals surface area (Å²) in [5.41, 5.74) is -0.287. The number of sulfonamides is 1. The molecule has 0 unspecified atom stereocenters. The predicted octanol–water partition coefficient (Wildman–Crippen LogP) is 2.43. The number of piperidine rings is 1. The first-order chi connectivity index (χ1) is 10.8. The van der Waals surface area contributed by atoms with Gasteiger partial charge in [0.2, 0.25) is 10.0 Å². The van der Waals surface area contributed by atoms with Crippen LogP contribution in [0.15, 0.2) is 17.0 Å². The van der Waals surface area contributed by atoms with Gasteiger partial charge in [0.05, 0.1) is 16.7 Å². The van der Waals surface area contributed by atoms with Gasteiger partial charge in [0.25, 0.3) is 0 Å². The second-order valence-electron chi connectivity index (χ2n) is 5.68. The molecule has 0 bridgehead atoms. The highest BCUT2D eigenvalue weighted by molar-refractivity contribution is 7.89. The molecule has 2 rings (SSSR count). The van der Waals surface area contributed by atoms with Crippen LogP contribution in [0, 0.1) is 11.2 Å². The summed E-state index contributed by atoms with van der Waals surface area (Å²) in [7, 11) is -2.36. The van der Waals surface area contributed by atoms with E-state index in [0.29, 0.717) is 6.61 Å². The molecule has 1 fully saturated rings. The van der Waals surface area contributed by atoms with E-state index in [-0.39, 0.29) is 21.9 Å². The molecule has 1 aromatic carbocycles. The molecule has 0 atom stereocenters. The van der Waals surface area contributed by atoms with E-state index >= 15 is 0 Å². The molecule has 0 spiro atoms. The SMILES string of the molecule is COCC1(CNS(=O)(=O)c2ccc(Cl)c(F)c2Cl)CCNCC1. The number of hydrogen-bond acceptors (Lipinski definition) is 4. The van der Waals surface area contributed by atoms with Crippen molar-refractivity contribution in [2.75, 3.05) is 33.4 Å². The van der Waals surface area contributed by atoms with Gasteiger partial charge in [-0.25, -0.2) is 17.5 Å². The van der Waals surface area contributed by atoms with Crippen molar-refractivity contribution in [2.45, 2.75) is 17.7 Å². The third kappa shape index (κ3) is 4.35. The van der Waals surface area contributed by atoms with E-state index in [4.69, 9.17) is 27.9 Å². The maximum atomic E-state index is 13.7. The Bertz CT molecular complexity index is 659. The highest BCUT2D eigenvalue weighted by Gasteiger charge is 2.34. The Morgan fingerprint density at radius 2 is 2.00 bits per heavy atom. The van der Waals surface area contributed by atoms with Gasteiger partial charge in [0.1, 0.15) is 4.90 Å². The second kappa shape index (κ2) is 7.63. The molecule has 1 aliphatic rings. The Morgan fingerprint density at radius 1 is 1.35 bits per heavy atom. The summed E-state index contributed by atoms with van der Waals surface area (Å²) in [5.74, 6) is -0.940. The van der Waals surface area contributed by atoms with Crippen LogP contribution in [0.2, 0.25) is 10.0 Å². The third-order valence-corrected chi connectivity index (χ3v) is 6.26. The lowest BCUT2D eigenvalue weighted by molar-refractivity contribution is 0.0577. The van der Waals surface area contributed by atoms with E-state index in [1.54, 1.807) is 7.11 Å². The smallest absolute Gasteiger partial charge is 0.242 e. The summed E-state index contributed by atoms with van der Waals surface area (Å²) in [6.45, 7) is 2.23. The highest BCUT2D eigenvalue weighted by Crippen LogP contribution is 2.31. The molecule has 1 aromatic rings. The largest absolute Gasteiger partial charge is 0.384 e. The standard InChI is InChI=1S/C14H19Cl2FN2O3S/c1-22-9-14(4-6-18-7-5-14)8-19-23(20,21)11-3-2-10(15)13(17)12(11)16/h2-3,18-19H,4-9H2,1H3. The van der Waals surface area contributed by atoms with E-state index < -0.39 is 20.9 Å². The Balaban J connectivity index is 2.19. The van der Waals surface area contributed by atoms with Crippen LogP contribution in [0.1, 0.15) is 12.8 Å². The molecule has 1 heterocycles. The van der Waals surface area contributed by atoms with Crippen molar-refractivity contribution < 1.29 is 17.5 Å². The fourth-order valence-corrected chi connectivity index (χ4v) is 4.58. The number of nitrogens with one attached hydrogen (secondary N) is 2. The van der Waals surface area contributed by atoms with Crippen molar-refractivity contribution in [3.05, 3.63) is 28.0 Å². The lowest BCUT2D eigenvalue weighted by Crippen LogP contribution is -2.47. The van der Waals surface area contributed by atoms with Gasteiger partial charge in [0, 0.05) is 19.1 Å². The van der Waals surface area contributed by atoms with E-state index in [0.717, 1.165) is 25.9 Å². The van der Waals surface area contributed by atoms with Gasteiger partial charge in [-0.1, -0.05) is 23.2 Å². The predicted molar refractivity (Wildman–Crippen MR) is 88.0 cm³/mol.